The van der Waals surface area contributed by atoms with E-state index in [0.29, 0.717) is 11.5 Å². The maximum atomic E-state index is 13.0. The van der Waals surface area contributed by atoms with Gasteiger partial charge in [-0.2, -0.15) is 0 Å². The molecule has 3 rings (SSSR count). The summed E-state index contributed by atoms with van der Waals surface area (Å²) in [6, 6.07) is 16.3. The zero-order valence-corrected chi connectivity index (χ0v) is 12.9. The molecule has 1 aliphatic rings. The summed E-state index contributed by atoms with van der Waals surface area (Å²) in [4.78, 5) is 11.6. The summed E-state index contributed by atoms with van der Waals surface area (Å²) in [6.45, 7) is 3.26. The van der Waals surface area contributed by atoms with E-state index >= 15 is 0 Å². The number of hydrogen-bond donors (Lipinski definition) is 0. The Labute approximate surface area is 138 Å². The number of hydrogen-bond acceptors (Lipinski definition) is 3. The van der Waals surface area contributed by atoms with Crippen molar-refractivity contribution in [3.63, 3.8) is 0 Å². The molecule has 0 bridgehead atoms. The molecule has 1 saturated carbocycles. The fourth-order valence-corrected chi connectivity index (χ4v) is 2.36. The van der Waals surface area contributed by atoms with E-state index in [0.717, 1.165) is 5.56 Å². The molecule has 3 nitrogen and oxygen atoms in total. The molecule has 0 saturated heterocycles. The maximum Gasteiger partial charge on any atom is 0.306 e. The van der Waals surface area contributed by atoms with Crippen molar-refractivity contribution >= 4 is 5.97 Å². The zero-order valence-electron chi connectivity index (χ0n) is 12.9. The highest BCUT2D eigenvalue weighted by Crippen LogP contribution is 2.55. The topological polar surface area (TPSA) is 35.5 Å². The monoisotopic (exact) mass is 330 g/mol. The highest BCUT2D eigenvalue weighted by Gasteiger charge is 2.62. The van der Waals surface area contributed by atoms with Crippen molar-refractivity contribution in [2.45, 2.75) is 19.0 Å². The second-order valence-electron chi connectivity index (χ2n) is 5.63. The molecule has 1 aliphatic carbocycles. The van der Waals surface area contributed by atoms with Gasteiger partial charge in [-0.05, 0) is 29.8 Å². The van der Waals surface area contributed by atoms with Crippen molar-refractivity contribution in [2.24, 2.45) is 5.92 Å². The van der Waals surface area contributed by atoms with Gasteiger partial charge in [-0.15, -0.1) is 0 Å². The van der Waals surface area contributed by atoms with E-state index in [2.05, 4.69) is 6.58 Å². The summed E-state index contributed by atoms with van der Waals surface area (Å²) >= 11 is 0. The summed E-state index contributed by atoms with van der Waals surface area (Å²) in [6.07, 6.45) is -0.341. The molecule has 1 atom stereocenters. The number of carbonyl (C=O) groups is 1. The van der Waals surface area contributed by atoms with E-state index in [1.165, 1.54) is 0 Å². The molecule has 1 fully saturated rings. The minimum atomic E-state index is -2.93. The normalized spacial score (nSPS) is 18.1. The van der Waals surface area contributed by atoms with E-state index in [1.807, 2.05) is 30.3 Å². The fraction of sp³-hybridized carbons (Fsp3) is 0.211. The van der Waals surface area contributed by atoms with E-state index in [-0.39, 0.29) is 18.6 Å². The van der Waals surface area contributed by atoms with Crippen molar-refractivity contribution in [2.75, 3.05) is 0 Å². The van der Waals surface area contributed by atoms with Gasteiger partial charge in [-0.3, -0.25) is 4.79 Å². The highest BCUT2D eigenvalue weighted by atomic mass is 19.3. The van der Waals surface area contributed by atoms with E-state index in [9.17, 15) is 13.6 Å². The molecule has 0 aliphatic heterocycles. The third kappa shape index (κ3) is 3.62. The lowest BCUT2D eigenvalue weighted by molar-refractivity contribution is -0.146. The third-order valence-corrected chi connectivity index (χ3v) is 3.85. The van der Waals surface area contributed by atoms with Crippen molar-refractivity contribution in [1.82, 2.24) is 0 Å². The molecule has 0 N–H and O–H groups in total. The second-order valence-corrected chi connectivity index (χ2v) is 5.63. The largest absolute Gasteiger partial charge is 0.461 e. The molecule has 124 valence electrons. The summed E-state index contributed by atoms with van der Waals surface area (Å²) in [5, 5.41) is 0. The second kappa shape index (κ2) is 6.43. The summed E-state index contributed by atoms with van der Waals surface area (Å²) in [5.74, 6) is -3.37. The molecular formula is C19H16F2O3. The highest BCUT2D eigenvalue weighted by molar-refractivity contribution is 5.72. The van der Waals surface area contributed by atoms with Gasteiger partial charge < -0.3 is 9.47 Å². The van der Waals surface area contributed by atoms with Crippen LogP contribution in [0.3, 0.4) is 0 Å². The van der Waals surface area contributed by atoms with Gasteiger partial charge in [0.25, 0.3) is 5.92 Å². The standard InChI is InChI=1S/C19H16F2O3/c1-13-17(19(13,20)21)11-18(22)23-12-14-6-5-9-16(10-14)24-15-7-3-2-4-8-15/h2-10,17H,1,11-12H2. The van der Waals surface area contributed by atoms with Gasteiger partial charge in [-0.1, -0.05) is 36.9 Å². The van der Waals surface area contributed by atoms with Crippen molar-refractivity contribution < 1.29 is 23.0 Å². The van der Waals surface area contributed by atoms with Crippen LogP contribution in [0.15, 0.2) is 66.7 Å². The number of esters is 1. The number of carbonyl (C=O) groups excluding carboxylic acids is 1. The van der Waals surface area contributed by atoms with E-state index < -0.39 is 17.8 Å². The Bertz CT molecular complexity index is 756. The first-order chi connectivity index (χ1) is 11.5. The maximum absolute atomic E-state index is 13.0. The molecule has 2 aromatic carbocycles. The first-order valence-corrected chi connectivity index (χ1v) is 7.51. The SMILES string of the molecule is C=C1C(CC(=O)OCc2cccc(Oc3ccccc3)c2)C1(F)F. The average molecular weight is 330 g/mol. The van der Waals surface area contributed by atoms with Gasteiger partial charge in [0.05, 0.1) is 12.3 Å². The Balaban J connectivity index is 1.53. The van der Waals surface area contributed by atoms with Gasteiger partial charge in [0.2, 0.25) is 0 Å². The lowest BCUT2D eigenvalue weighted by Gasteiger charge is -2.08. The average Bonchev–Trinajstić information content (AvgIpc) is 3.04. The number of alkyl halides is 2. The van der Waals surface area contributed by atoms with Crippen LogP contribution in [-0.2, 0) is 16.1 Å². The van der Waals surface area contributed by atoms with E-state index in [4.69, 9.17) is 9.47 Å². The lowest BCUT2D eigenvalue weighted by atomic mass is 10.2. The van der Waals surface area contributed by atoms with Crippen LogP contribution in [-0.4, -0.2) is 11.9 Å². The van der Waals surface area contributed by atoms with Gasteiger partial charge in [0.15, 0.2) is 0 Å². The number of ether oxygens (including phenoxy) is 2. The molecule has 1 unspecified atom stereocenters. The first kappa shape index (κ1) is 16.2. The van der Waals surface area contributed by atoms with E-state index in [1.54, 1.807) is 24.3 Å². The number of benzene rings is 2. The summed E-state index contributed by atoms with van der Waals surface area (Å²) in [7, 11) is 0. The Morgan fingerprint density at radius 1 is 1.08 bits per heavy atom. The predicted molar refractivity (Wildman–Crippen MR) is 84.9 cm³/mol. The van der Waals surface area contributed by atoms with Gasteiger partial charge in [0, 0.05) is 5.57 Å². The number of para-hydroxylation sites is 1. The molecule has 24 heavy (non-hydrogen) atoms. The summed E-state index contributed by atoms with van der Waals surface area (Å²) in [5.41, 5.74) is 0.524. The zero-order chi connectivity index (χ0) is 17.2. The van der Waals surface area contributed by atoms with Gasteiger partial charge in [-0.25, -0.2) is 8.78 Å². The number of halogens is 2. The van der Waals surface area contributed by atoms with Crippen molar-refractivity contribution in [3.05, 3.63) is 72.3 Å². The molecule has 0 aromatic heterocycles. The van der Waals surface area contributed by atoms with Crippen LogP contribution in [0, 0.1) is 5.92 Å². The molecule has 0 amide bonds. The Morgan fingerprint density at radius 3 is 2.42 bits per heavy atom. The molecule has 0 heterocycles. The van der Waals surface area contributed by atoms with Crippen molar-refractivity contribution in [3.8, 4) is 11.5 Å². The Morgan fingerprint density at radius 2 is 1.75 bits per heavy atom. The Kier molecular flexibility index (Phi) is 4.34. The minimum absolute atomic E-state index is 0.00951. The van der Waals surface area contributed by atoms with Crippen LogP contribution in [0.4, 0.5) is 8.78 Å². The minimum Gasteiger partial charge on any atom is -0.461 e. The Hall–Kier alpha value is -2.69. The smallest absolute Gasteiger partial charge is 0.306 e. The van der Waals surface area contributed by atoms with Gasteiger partial charge >= 0.3 is 5.97 Å². The lowest BCUT2D eigenvalue weighted by Crippen LogP contribution is -2.08. The van der Waals surface area contributed by atoms with Crippen LogP contribution < -0.4 is 4.74 Å². The molecule has 0 spiro atoms. The fourth-order valence-electron chi connectivity index (χ4n) is 2.36. The number of allylic oxidation sites excluding steroid dienone is 1. The molecular weight excluding hydrogens is 314 g/mol. The quantitative estimate of drug-likeness (QED) is 0.567. The molecule has 5 heteroatoms. The third-order valence-electron chi connectivity index (χ3n) is 3.85. The van der Waals surface area contributed by atoms with Crippen LogP contribution in [0.2, 0.25) is 0 Å². The first-order valence-electron chi connectivity index (χ1n) is 7.51. The molecule has 2 aromatic rings. The van der Waals surface area contributed by atoms with Crippen LogP contribution >= 0.6 is 0 Å². The number of rotatable bonds is 6. The van der Waals surface area contributed by atoms with Crippen LogP contribution in [0.1, 0.15) is 12.0 Å². The predicted octanol–water partition coefficient (Wildman–Crippen LogP) is 4.73. The van der Waals surface area contributed by atoms with Crippen molar-refractivity contribution in [1.29, 1.82) is 0 Å². The van der Waals surface area contributed by atoms with Crippen LogP contribution in [0.5, 0.6) is 11.5 Å². The summed E-state index contributed by atoms with van der Waals surface area (Å²) < 4.78 is 36.8. The molecule has 0 radical (unpaired) electrons. The van der Waals surface area contributed by atoms with Crippen LogP contribution in [0.25, 0.3) is 0 Å². The van der Waals surface area contributed by atoms with Gasteiger partial charge in [0.1, 0.15) is 18.1 Å².